The SMILES string of the molecule is CCC1(NC(=O)CC2(NC)CCCCC2)CCC1. The highest BCUT2D eigenvalue weighted by molar-refractivity contribution is 5.78. The summed E-state index contributed by atoms with van der Waals surface area (Å²) in [6, 6.07) is 0. The van der Waals surface area contributed by atoms with E-state index in [1.54, 1.807) is 0 Å². The van der Waals surface area contributed by atoms with Gasteiger partial charge in [0.15, 0.2) is 0 Å². The van der Waals surface area contributed by atoms with Crippen LogP contribution in [0.2, 0.25) is 0 Å². The van der Waals surface area contributed by atoms with Gasteiger partial charge in [0, 0.05) is 17.5 Å². The first-order valence-electron chi connectivity index (χ1n) is 7.64. The molecule has 2 N–H and O–H groups in total. The van der Waals surface area contributed by atoms with Gasteiger partial charge in [0.25, 0.3) is 0 Å². The van der Waals surface area contributed by atoms with E-state index in [2.05, 4.69) is 17.6 Å². The van der Waals surface area contributed by atoms with Gasteiger partial charge in [-0.15, -0.1) is 0 Å². The first-order chi connectivity index (χ1) is 8.64. The average Bonchev–Trinajstić information content (AvgIpc) is 2.35. The van der Waals surface area contributed by atoms with Crippen LogP contribution in [0.25, 0.3) is 0 Å². The lowest BCUT2D eigenvalue weighted by Gasteiger charge is -2.43. The quantitative estimate of drug-likeness (QED) is 0.790. The maximum atomic E-state index is 12.3. The zero-order valence-corrected chi connectivity index (χ0v) is 12.0. The lowest BCUT2D eigenvalue weighted by atomic mass is 9.74. The number of carbonyl (C=O) groups is 1. The molecule has 2 saturated carbocycles. The zero-order chi connectivity index (χ0) is 13.1. The van der Waals surface area contributed by atoms with Gasteiger partial charge in [-0.25, -0.2) is 0 Å². The molecule has 0 spiro atoms. The fourth-order valence-corrected chi connectivity index (χ4v) is 3.56. The van der Waals surface area contributed by atoms with Crippen molar-refractivity contribution in [1.82, 2.24) is 10.6 Å². The minimum Gasteiger partial charge on any atom is -0.351 e. The molecule has 0 aliphatic heterocycles. The number of hydrogen-bond donors (Lipinski definition) is 2. The van der Waals surface area contributed by atoms with Crippen molar-refractivity contribution in [2.45, 2.75) is 82.2 Å². The minimum absolute atomic E-state index is 0.0704. The van der Waals surface area contributed by atoms with E-state index in [4.69, 9.17) is 0 Å². The molecule has 0 bridgehead atoms. The molecular formula is C15H28N2O. The summed E-state index contributed by atoms with van der Waals surface area (Å²) in [6.07, 6.45) is 11.5. The topological polar surface area (TPSA) is 41.1 Å². The molecule has 0 unspecified atom stereocenters. The highest BCUT2D eigenvalue weighted by atomic mass is 16.1. The Bertz CT molecular complexity index is 285. The van der Waals surface area contributed by atoms with Crippen LogP contribution in [0.5, 0.6) is 0 Å². The largest absolute Gasteiger partial charge is 0.351 e. The average molecular weight is 252 g/mol. The number of carbonyl (C=O) groups excluding carboxylic acids is 1. The summed E-state index contributed by atoms with van der Waals surface area (Å²) in [6.45, 7) is 2.19. The molecule has 0 radical (unpaired) electrons. The molecule has 0 aromatic carbocycles. The van der Waals surface area contributed by atoms with E-state index in [-0.39, 0.29) is 17.0 Å². The Morgan fingerprint density at radius 1 is 1.00 bits per heavy atom. The van der Waals surface area contributed by atoms with Gasteiger partial charge in [-0.05, 0) is 45.6 Å². The van der Waals surface area contributed by atoms with Crippen molar-refractivity contribution in [3.63, 3.8) is 0 Å². The Balaban J connectivity index is 1.89. The van der Waals surface area contributed by atoms with E-state index >= 15 is 0 Å². The van der Waals surface area contributed by atoms with Crippen molar-refractivity contribution >= 4 is 5.91 Å². The highest BCUT2D eigenvalue weighted by Crippen LogP contribution is 2.36. The predicted octanol–water partition coefficient (Wildman–Crippen LogP) is 2.75. The summed E-state index contributed by atoms with van der Waals surface area (Å²) in [5.41, 5.74) is 0.210. The first kappa shape index (κ1) is 13.9. The van der Waals surface area contributed by atoms with Gasteiger partial charge < -0.3 is 10.6 Å². The van der Waals surface area contributed by atoms with Gasteiger partial charge in [0.05, 0.1) is 0 Å². The van der Waals surface area contributed by atoms with Crippen molar-refractivity contribution in [3.05, 3.63) is 0 Å². The summed E-state index contributed by atoms with van der Waals surface area (Å²) in [4.78, 5) is 12.3. The normalized spacial score (nSPS) is 25.2. The lowest BCUT2D eigenvalue weighted by Crippen LogP contribution is -2.56. The molecule has 104 valence electrons. The predicted molar refractivity (Wildman–Crippen MR) is 74.5 cm³/mol. The van der Waals surface area contributed by atoms with Gasteiger partial charge in [0.2, 0.25) is 5.91 Å². The molecule has 3 nitrogen and oxygen atoms in total. The Labute approximate surface area is 111 Å². The van der Waals surface area contributed by atoms with Crippen LogP contribution >= 0.6 is 0 Å². The van der Waals surface area contributed by atoms with Gasteiger partial charge >= 0.3 is 0 Å². The standard InChI is InChI=1S/C15H28N2O/c1-3-14(10-7-11-14)17-13(18)12-15(16-2)8-5-4-6-9-15/h16H,3-12H2,1-2H3,(H,17,18). The zero-order valence-electron chi connectivity index (χ0n) is 12.0. The van der Waals surface area contributed by atoms with E-state index in [1.165, 1.54) is 38.5 Å². The summed E-state index contributed by atoms with van der Waals surface area (Å²) >= 11 is 0. The molecule has 3 heteroatoms. The molecule has 1 amide bonds. The highest BCUT2D eigenvalue weighted by Gasteiger charge is 2.39. The summed E-state index contributed by atoms with van der Waals surface area (Å²) in [7, 11) is 2.01. The van der Waals surface area contributed by atoms with Crippen LogP contribution in [0.4, 0.5) is 0 Å². The maximum absolute atomic E-state index is 12.3. The molecule has 2 aliphatic carbocycles. The fourth-order valence-electron chi connectivity index (χ4n) is 3.56. The Morgan fingerprint density at radius 3 is 2.06 bits per heavy atom. The fraction of sp³-hybridized carbons (Fsp3) is 0.933. The van der Waals surface area contributed by atoms with E-state index in [9.17, 15) is 4.79 Å². The molecule has 2 aliphatic rings. The van der Waals surface area contributed by atoms with E-state index < -0.39 is 0 Å². The van der Waals surface area contributed by atoms with Crippen LogP contribution in [0.15, 0.2) is 0 Å². The van der Waals surface area contributed by atoms with Crippen molar-refractivity contribution < 1.29 is 4.79 Å². The van der Waals surface area contributed by atoms with Crippen molar-refractivity contribution in [1.29, 1.82) is 0 Å². The second-order valence-electron chi connectivity index (χ2n) is 6.30. The Kier molecular flexibility index (Phi) is 4.31. The molecule has 0 aromatic heterocycles. The molecule has 0 saturated heterocycles. The van der Waals surface area contributed by atoms with E-state index in [0.717, 1.165) is 19.3 Å². The molecule has 2 fully saturated rings. The van der Waals surface area contributed by atoms with E-state index in [0.29, 0.717) is 6.42 Å². The number of amides is 1. The van der Waals surface area contributed by atoms with Crippen molar-refractivity contribution in [2.24, 2.45) is 0 Å². The smallest absolute Gasteiger partial charge is 0.222 e. The molecule has 0 heterocycles. The second-order valence-corrected chi connectivity index (χ2v) is 6.30. The molecule has 0 aromatic rings. The second kappa shape index (κ2) is 5.60. The van der Waals surface area contributed by atoms with Crippen LogP contribution < -0.4 is 10.6 Å². The van der Waals surface area contributed by atoms with E-state index in [1.807, 2.05) is 7.05 Å². The molecule has 2 rings (SSSR count). The molecule has 18 heavy (non-hydrogen) atoms. The van der Waals surface area contributed by atoms with Crippen LogP contribution in [0, 0.1) is 0 Å². The van der Waals surface area contributed by atoms with Gasteiger partial charge in [-0.2, -0.15) is 0 Å². The lowest BCUT2D eigenvalue weighted by molar-refractivity contribution is -0.126. The summed E-state index contributed by atoms with van der Waals surface area (Å²) in [5.74, 6) is 0.257. The number of hydrogen-bond acceptors (Lipinski definition) is 2. The molecular weight excluding hydrogens is 224 g/mol. The van der Waals surface area contributed by atoms with Crippen molar-refractivity contribution in [3.8, 4) is 0 Å². The molecule has 0 atom stereocenters. The third kappa shape index (κ3) is 2.87. The van der Waals surface area contributed by atoms with Crippen molar-refractivity contribution in [2.75, 3.05) is 7.05 Å². The number of nitrogens with one attached hydrogen (secondary N) is 2. The summed E-state index contributed by atoms with van der Waals surface area (Å²) in [5, 5.41) is 6.73. The minimum atomic E-state index is 0.0704. The Hall–Kier alpha value is -0.570. The number of rotatable bonds is 5. The van der Waals surface area contributed by atoms with Crippen LogP contribution in [-0.2, 0) is 4.79 Å². The van der Waals surface area contributed by atoms with Crippen LogP contribution in [0.1, 0.15) is 71.1 Å². The first-order valence-corrected chi connectivity index (χ1v) is 7.64. The third-order valence-corrected chi connectivity index (χ3v) is 5.23. The third-order valence-electron chi connectivity index (χ3n) is 5.23. The van der Waals surface area contributed by atoms with Crippen LogP contribution in [-0.4, -0.2) is 24.0 Å². The summed E-state index contributed by atoms with van der Waals surface area (Å²) < 4.78 is 0. The van der Waals surface area contributed by atoms with Gasteiger partial charge in [-0.3, -0.25) is 4.79 Å². The van der Waals surface area contributed by atoms with Gasteiger partial charge in [0.1, 0.15) is 0 Å². The Morgan fingerprint density at radius 2 is 1.61 bits per heavy atom. The van der Waals surface area contributed by atoms with Gasteiger partial charge in [-0.1, -0.05) is 26.2 Å². The van der Waals surface area contributed by atoms with Crippen LogP contribution in [0.3, 0.4) is 0 Å². The monoisotopic (exact) mass is 252 g/mol. The maximum Gasteiger partial charge on any atom is 0.222 e.